The maximum Gasteiger partial charge on any atom is 0.325 e. The molecule has 0 amide bonds. The predicted molar refractivity (Wildman–Crippen MR) is 62.5 cm³/mol. The molecule has 0 bridgehead atoms. The fraction of sp³-hybridized carbons (Fsp3) is 0.500. The molecule has 0 spiro atoms. The highest BCUT2D eigenvalue weighted by Gasteiger charge is 2.01. The van der Waals surface area contributed by atoms with Crippen molar-refractivity contribution in [2.75, 3.05) is 11.9 Å². The number of imidazole rings is 1. The van der Waals surface area contributed by atoms with Crippen LogP contribution >= 0.6 is 0 Å². The largest absolute Gasteiger partial charge is 0.354 e. The van der Waals surface area contributed by atoms with E-state index in [1.54, 1.807) is 6.20 Å². The van der Waals surface area contributed by atoms with Crippen molar-refractivity contribution < 1.29 is 0 Å². The Morgan fingerprint density at radius 1 is 1.38 bits per heavy atom. The minimum absolute atomic E-state index is 0.257. The van der Waals surface area contributed by atoms with Gasteiger partial charge in [0, 0.05) is 6.54 Å². The van der Waals surface area contributed by atoms with Gasteiger partial charge in [0.05, 0.1) is 6.20 Å². The van der Waals surface area contributed by atoms with Gasteiger partial charge in [0.1, 0.15) is 5.52 Å². The minimum atomic E-state index is -0.257. The summed E-state index contributed by atoms with van der Waals surface area (Å²) in [6.07, 6.45) is 5.08. The van der Waals surface area contributed by atoms with Crippen LogP contribution in [0, 0.1) is 0 Å². The average Bonchev–Trinajstić information content (AvgIpc) is 2.64. The second kappa shape index (κ2) is 4.78. The van der Waals surface area contributed by atoms with Crippen LogP contribution in [0.1, 0.15) is 26.2 Å². The van der Waals surface area contributed by atoms with Crippen LogP contribution in [-0.2, 0) is 0 Å². The van der Waals surface area contributed by atoms with Crippen LogP contribution in [0.4, 0.5) is 5.95 Å². The number of fused-ring (bicyclic) bond motifs is 1. The second-order valence-electron chi connectivity index (χ2n) is 3.67. The quantitative estimate of drug-likeness (QED) is 0.663. The highest BCUT2D eigenvalue weighted by molar-refractivity contribution is 5.69. The number of unbranched alkanes of at least 4 members (excludes halogenated alkanes) is 2. The second-order valence-corrected chi connectivity index (χ2v) is 3.67. The average molecular weight is 221 g/mol. The lowest BCUT2D eigenvalue weighted by Crippen LogP contribution is -2.05. The molecule has 2 aromatic heterocycles. The number of hydrogen-bond acceptors (Lipinski definition) is 4. The zero-order chi connectivity index (χ0) is 11.4. The zero-order valence-corrected chi connectivity index (χ0v) is 9.21. The van der Waals surface area contributed by atoms with Crippen molar-refractivity contribution in [3.63, 3.8) is 0 Å². The van der Waals surface area contributed by atoms with E-state index in [1.165, 1.54) is 12.8 Å². The molecule has 16 heavy (non-hydrogen) atoms. The Bertz CT molecular complexity index is 515. The summed E-state index contributed by atoms with van der Waals surface area (Å²) in [7, 11) is 0. The van der Waals surface area contributed by atoms with E-state index in [2.05, 4.69) is 32.2 Å². The molecule has 2 rings (SSSR count). The highest BCUT2D eigenvalue weighted by atomic mass is 16.1. The van der Waals surface area contributed by atoms with E-state index in [-0.39, 0.29) is 5.69 Å². The monoisotopic (exact) mass is 221 g/mol. The van der Waals surface area contributed by atoms with Gasteiger partial charge in [-0.3, -0.25) is 4.98 Å². The Labute approximate surface area is 92.5 Å². The van der Waals surface area contributed by atoms with Gasteiger partial charge in [0.2, 0.25) is 5.95 Å². The van der Waals surface area contributed by atoms with E-state index in [4.69, 9.17) is 0 Å². The lowest BCUT2D eigenvalue weighted by Gasteiger charge is -2.02. The first-order valence-corrected chi connectivity index (χ1v) is 5.48. The Hall–Kier alpha value is -1.85. The standard InChI is InChI=1S/C10H15N5O/c1-2-3-4-5-11-9-12-6-7-8(14-9)15-10(16)13-7/h6H,2-5H2,1H3,(H3,11,12,13,14,15,16). The Balaban J connectivity index is 2.04. The van der Waals surface area contributed by atoms with Crippen LogP contribution in [-0.4, -0.2) is 26.5 Å². The number of hydrogen-bond donors (Lipinski definition) is 3. The fourth-order valence-corrected chi connectivity index (χ4v) is 1.49. The van der Waals surface area contributed by atoms with E-state index in [1.807, 2.05) is 0 Å². The number of anilines is 1. The van der Waals surface area contributed by atoms with Crippen LogP contribution in [0.2, 0.25) is 0 Å². The molecule has 2 heterocycles. The van der Waals surface area contributed by atoms with Gasteiger partial charge in [-0.2, -0.15) is 4.98 Å². The number of nitrogens with one attached hydrogen (secondary N) is 3. The summed E-state index contributed by atoms with van der Waals surface area (Å²) in [5, 5.41) is 3.12. The summed E-state index contributed by atoms with van der Waals surface area (Å²) in [5.74, 6) is 0.554. The molecule has 0 aliphatic rings. The molecule has 0 radical (unpaired) electrons. The van der Waals surface area contributed by atoms with Crippen molar-refractivity contribution in [2.24, 2.45) is 0 Å². The molecule has 0 aliphatic carbocycles. The molecular formula is C10H15N5O. The van der Waals surface area contributed by atoms with Gasteiger partial charge in [0.25, 0.3) is 0 Å². The molecule has 6 heteroatoms. The number of nitrogens with zero attached hydrogens (tertiary/aromatic N) is 2. The summed E-state index contributed by atoms with van der Waals surface area (Å²) in [6, 6.07) is 0. The maximum absolute atomic E-state index is 11.0. The lowest BCUT2D eigenvalue weighted by molar-refractivity contribution is 0.740. The predicted octanol–water partition coefficient (Wildman–Crippen LogP) is 1.25. The molecule has 6 nitrogen and oxygen atoms in total. The van der Waals surface area contributed by atoms with Gasteiger partial charge in [-0.1, -0.05) is 19.8 Å². The van der Waals surface area contributed by atoms with Crippen LogP contribution in [0.5, 0.6) is 0 Å². The van der Waals surface area contributed by atoms with Crippen LogP contribution in [0.3, 0.4) is 0 Å². The van der Waals surface area contributed by atoms with Crippen molar-refractivity contribution in [1.29, 1.82) is 0 Å². The van der Waals surface area contributed by atoms with Gasteiger partial charge in [0.15, 0.2) is 5.65 Å². The van der Waals surface area contributed by atoms with Crippen LogP contribution in [0.25, 0.3) is 11.2 Å². The van der Waals surface area contributed by atoms with Crippen molar-refractivity contribution in [1.82, 2.24) is 19.9 Å². The van der Waals surface area contributed by atoms with Crippen LogP contribution in [0.15, 0.2) is 11.0 Å². The van der Waals surface area contributed by atoms with Gasteiger partial charge in [-0.05, 0) is 6.42 Å². The molecule has 0 unspecified atom stereocenters. The zero-order valence-electron chi connectivity index (χ0n) is 9.21. The summed E-state index contributed by atoms with van der Waals surface area (Å²) < 4.78 is 0. The normalized spacial score (nSPS) is 10.8. The molecule has 86 valence electrons. The van der Waals surface area contributed by atoms with Gasteiger partial charge >= 0.3 is 5.69 Å². The van der Waals surface area contributed by atoms with E-state index < -0.39 is 0 Å². The lowest BCUT2D eigenvalue weighted by atomic mass is 10.2. The maximum atomic E-state index is 11.0. The molecular weight excluding hydrogens is 206 g/mol. The minimum Gasteiger partial charge on any atom is -0.354 e. The first kappa shape index (κ1) is 10.7. The van der Waals surface area contributed by atoms with Crippen molar-refractivity contribution >= 4 is 17.1 Å². The van der Waals surface area contributed by atoms with Gasteiger partial charge in [-0.25, -0.2) is 9.78 Å². The third-order valence-electron chi connectivity index (χ3n) is 2.33. The Morgan fingerprint density at radius 2 is 2.25 bits per heavy atom. The molecule has 0 aliphatic heterocycles. The van der Waals surface area contributed by atoms with Crippen molar-refractivity contribution in [3.05, 3.63) is 16.7 Å². The molecule has 2 aromatic rings. The number of aromatic nitrogens is 4. The molecule has 0 aromatic carbocycles. The first-order valence-electron chi connectivity index (χ1n) is 5.48. The van der Waals surface area contributed by atoms with E-state index in [9.17, 15) is 4.79 Å². The third-order valence-corrected chi connectivity index (χ3v) is 2.33. The summed E-state index contributed by atoms with van der Waals surface area (Å²) in [5.41, 5.74) is 0.912. The van der Waals surface area contributed by atoms with E-state index >= 15 is 0 Å². The topological polar surface area (TPSA) is 86.5 Å². The first-order chi connectivity index (χ1) is 7.79. The molecule has 0 fully saturated rings. The van der Waals surface area contributed by atoms with Crippen LogP contribution < -0.4 is 11.0 Å². The third kappa shape index (κ3) is 2.39. The molecule has 0 saturated carbocycles. The van der Waals surface area contributed by atoms with Crippen molar-refractivity contribution in [3.8, 4) is 0 Å². The summed E-state index contributed by atoms with van der Waals surface area (Å²) in [4.78, 5) is 24.5. The molecule has 0 atom stereocenters. The number of H-pyrrole nitrogens is 2. The number of rotatable bonds is 5. The number of aromatic amines is 2. The molecule has 3 N–H and O–H groups in total. The van der Waals surface area contributed by atoms with E-state index in [0.29, 0.717) is 17.1 Å². The smallest absolute Gasteiger partial charge is 0.325 e. The van der Waals surface area contributed by atoms with E-state index in [0.717, 1.165) is 13.0 Å². The Morgan fingerprint density at radius 3 is 3.06 bits per heavy atom. The SMILES string of the molecule is CCCCCNc1ncc2[nH]c(=O)[nH]c2n1. The Kier molecular flexibility index (Phi) is 3.19. The summed E-state index contributed by atoms with van der Waals surface area (Å²) >= 11 is 0. The fourth-order valence-electron chi connectivity index (χ4n) is 1.49. The highest BCUT2D eigenvalue weighted by Crippen LogP contribution is 2.05. The summed E-state index contributed by atoms with van der Waals surface area (Å²) in [6.45, 7) is 3.01. The molecule has 0 saturated heterocycles. The van der Waals surface area contributed by atoms with Gasteiger partial charge in [-0.15, -0.1) is 0 Å². The van der Waals surface area contributed by atoms with Crippen molar-refractivity contribution in [2.45, 2.75) is 26.2 Å². The van der Waals surface area contributed by atoms with Gasteiger partial charge < -0.3 is 10.3 Å².